The van der Waals surface area contributed by atoms with Crippen LogP contribution in [-0.4, -0.2) is 53.7 Å². The standard InChI is InChI=1S/C14H21N3O2S/c1-9-12(13(18)19)15-14(20-9)17-7-5-11-10(8-17)4-3-6-16(11)2/h10-11H,3-8H2,1-2H3,(H,18,19). The van der Waals surface area contributed by atoms with Crippen LogP contribution in [0.2, 0.25) is 0 Å². The summed E-state index contributed by atoms with van der Waals surface area (Å²) in [6.07, 6.45) is 3.70. The molecule has 0 aromatic carbocycles. The molecule has 6 heteroatoms. The number of hydrogen-bond acceptors (Lipinski definition) is 5. The summed E-state index contributed by atoms with van der Waals surface area (Å²) in [6, 6.07) is 0.694. The number of piperidine rings is 2. The van der Waals surface area contributed by atoms with Gasteiger partial charge in [-0.1, -0.05) is 0 Å². The highest BCUT2D eigenvalue weighted by atomic mass is 32.1. The molecule has 0 bridgehead atoms. The van der Waals surface area contributed by atoms with Gasteiger partial charge >= 0.3 is 5.97 Å². The maximum absolute atomic E-state index is 11.1. The van der Waals surface area contributed by atoms with Gasteiger partial charge in [0.05, 0.1) is 0 Å². The molecule has 1 aromatic rings. The molecule has 0 saturated carbocycles. The highest BCUT2D eigenvalue weighted by molar-refractivity contribution is 7.15. The Hall–Kier alpha value is -1.14. The molecule has 5 nitrogen and oxygen atoms in total. The second-order valence-electron chi connectivity index (χ2n) is 5.89. The molecule has 0 radical (unpaired) electrons. The van der Waals surface area contributed by atoms with Crippen molar-refractivity contribution in [1.29, 1.82) is 0 Å². The monoisotopic (exact) mass is 295 g/mol. The first-order chi connectivity index (χ1) is 9.56. The molecule has 2 unspecified atom stereocenters. The molecule has 1 aromatic heterocycles. The van der Waals surface area contributed by atoms with Crippen molar-refractivity contribution in [3.63, 3.8) is 0 Å². The molecular formula is C14H21N3O2S. The minimum absolute atomic E-state index is 0.216. The zero-order chi connectivity index (χ0) is 14.3. The molecule has 3 heterocycles. The average molecular weight is 295 g/mol. The number of anilines is 1. The van der Waals surface area contributed by atoms with E-state index in [0.717, 1.165) is 29.5 Å². The lowest BCUT2D eigenvalue weighted by atomic mass is 9.84. The smallest absolute Gasteiger partial charge is 0.355 e. The summed E-state index contributed by atoms with van der Waals surface area (Å²) in [6.45, 7) is 5.05. The Morgan fingerprint density at radius 2 is 2.20 bits per heavy atom. The van der Waals surface area contributed by atoms with E-state index in [0.29, 0.717) is 12.0 Å². The Balaban J connectivity index is 1.76. The Labute approximate surface area is 123 Å². The zero-order valence-electron chi connectivity index (χ0n) is 12.0. The number of hydrogen-bond donors (Lipinski definition) is 1. The van der Waals surface area contributed by atoms with Crippen molar-refractivity contribution < 1.29 is 9.90 Å². The third-order valence-electron chi connectivity index (χ3n) is 4.60. The Kier molecular flexibility index (Phi) is 3.69. The van der Waals surface area contributed by atoms with Gasteiger partial charge in [-0.25, -0.2) is 9.78 Å². The SMILES string of the molecule is Cc1sc(N2CCC3C(CCCN3C)C2)nc1C(=O)O. The first-order valence-corrected chi connectivity index (χ1v) is 8.04. The Morgan fingerprint density at radius 3 is 2.90 bits per heavy atom. The predicted molar refractivity (Wildman–Crippen MR) is 79.8 cm³/mol. The fraction of sp³-hybridized carbons (Fsp3) is 0.714. The Bertz CT molecular complexity index is 517. The number of fused-ring (bicyclic) bond motifs is 1. The van der Waals surface area contributed by atoms with Crippen LogP contribution in [-0.2, 0) is 0 Å². The van der Waals surface area contributed by atoms with E-state index in [2.05, 4.69) is 21.8 Å². The second kappa shape index (κ2) is 5.33. The molecule has 0 amide bonds. The van der Waals surface area contributed by atoms with E-state index in [-0.39, 0.29) is 5.69 Å². The molecule has 0 aliphatic carbocycles. The van der Waals surface area contributed by atoms with Crippen LogP contribution in [0, 0.1) is 12.8 Å². The number of likely N-dealkylation sites (tertiary alicyclic amines) is 1. The molecule has 2 aliphatic heterocycles. The fourth-order valence-electron chi connectivity index (χ4n) is 3.54. The molecule has 0 spiro atoms. The summed E-state index contributed by atoms with van der Waals surface area (Å²) in [4.78, 5) is 21.0. The van der Waals surface area contributed by atoms with Gasteiger partial charge in [0.1, 0.15) is 0 Å². The maximum atomic E-state index is 11.1. The number of aromatic nitrogens is 1. The Morgan fingerprint density at radius 1 is 1.40 bits per heavy atom. The predicted octanol–water partition coefficient (Wildman–Crippen LogP) is 2.07. The largest absolute Gasteiger partial charge is 0.476 e. The lowest BCUT2D eigenvalue weighted by molar-refractivity contribution is 0.0690. The van der Waals surface area contributed by atoms with Crippen LogP contribution in [0.5, 0.6) is 0 Å². The number of rotatable bonds is 2. The summed E-state index contributed by atoms with van der Waals surface area (Å²) in [5.41, 5.74) is 0.216. The van der Waals surface area contributed by atoms with E-state index in [1.54, 1.807) is 0 Å². The zero-order valence-corrected chi connectivity index (χ0v) is 12.8. The van der Waals surface area contributed by atoms with Crippen LogP contribution in [0.25, 0.3) is 0 Å². The second-order valence-corrected chi connectivity index (χ2v) is 7.07. The minimum Gasteiger partial charge on any atom is -0.476 e. The number of thiazole rings is 1. The molecule has 1 N–H and O–H groups in total. The number of carbonyl (C=O) groups is 1. The number of carboxylic acid groups (broad SMARTS) is 1. The van der Waals surface area contributed by atoms with E-state index in [1.165, 1.54) is 30.7 Å². The molecule has 3 rings (SSSR count). The number of aromatic carboxylic acids is 1. The van der Waals surface area contributed by atoms with Crippen molar-refractivity contribution in [3.05, 3.63) is 10.6 Å². The summed E-state index contributed by atoms with van der Waals surface area (Å²) in [7, 11) is 2.22. The topological polar surface area (TPSA) is 56.7 Å². The molecule has 2 aliphatic rings. The molecular weight excluding hydrogens is 274 g/mol. The van der Waals surface area contributed by atoms with Gasteiger partial charge in [0.15, 0.2) is 10.8 Å². The molecule has 2 saturated heterocycles. The van der Waals surface area contributed by atoms with E-state index < -0.39 is 5.97 Å². The normalized spacial score (nSPS) is 27.4. The van der Waals surface area contributed by atoms with Crippen molar-refractivity contribution in [2.24, 2.45) is 5.92 Å². The third kappa shape index (κ3) is 2.42. The first-order valence-electron chi connectivity index (χ1n) is 7.22. The van der Waals surface area contributed by atoms with Crippen LogP contribution >= 0.6 is 11.3 Å². The lowest BCUT2D eigenvalue weighted by Crippen LogP contribution is -2.52. The van der Waals surface area contributed by atoms with Gasteiger partial charge in [-0.05, 0) is 45.7 Å². The van der Waals surface area contributed by atoms with Gasteiger partial charge < -0.3 is 14.9 Å². The van der Waals surface area contributed by atoms with Gasteiger partial charge in [0, 0.05) is 24.0 Å². The van der Waals surface area contributed by atoms with Crippen LogP contribution in [0.3, 0.4) is 0 Å². The van der Waals surface area contributed by atoms with E-state index in [9.17, 15) is 4.79 Å². The summed E-state index contributed by atoms with van der Waals surface area (Å²) < 4.78 is 0. The maximum Gasteiger partial charge on any atom is 0.355 e. The fourth-order valence-corrected chi connectivity index (χ4v) is 4.48. The van der Waals surface area contributed by atoms with Crippen molar-refractivity contribution >= 4 is 22.4 Å². The third-order valence-corrected chi connectivity index (χ3v) is 5.64. The average Bonchev–Trinajstić information content (AvgIpc) is 2.81. The summed E-state index contributed by atoms with van der Waals surface area (Å²) >= 11 is 1.51. The van der Waals surface area contributed by atoms with Crippen molar-refractivity contribution in [1.82, 2.24) is 9.88 Å². The number of carboxylic acids is 1. The molecule has 20 heavy (non-hydrogen) atoms. The van der Waals surface area contributed by atoms with E-state index in [4.69, 9.17) is 5.11 Å². The van der Waals surface area contributed by atoms with Crippen LogP contribution in [0.4, 0.5) is 5.13 Å². The van der Waals surface area contributed by atoms with Crippen LogP contribution in [0.1, 0.15) is 34.6 Å². The molecule has 2 fully saturated rings. The lowest BCUT2D eigenvalue weighted by Gasteiger charge is -2.45. The van der Waals surface area contributed by atoms with Crippen molar-refractivity contribution in [2.75, 3.05) is 31.6 Å². The van der Waals surface area contributed by atoms with Gasteiger partial charge in [-0.15, -0.1) is 11.3 Å². The van der Waals surface area contributed by atoms with Crippen LogP contribution in [0.15, 0.2) is 0 Å². The van der Waals surface area contributed by atoms with Crippen molar-refractivity contribution in [3.8, 4) is 0 Å². The molecule has 110 valence electrons. The van der Waals surface area contributed by atoms with Gasteiger partial charge in [0.25, 0.3) is 0 Å². The van der Waals surface area contributed by atoms with E-state index in [1.807, 2.05) is 6.92 Å². The number of aryl methyl sites for hydroxylation is 1. The van der Waals surface area contributed by atoms with Gasteiger partial charge in [0.2, 0.25) is 0 Å². The van der Waals surface area contributed by atoms with Gasteiger partial charge in [-0.2, -0.15) is 0 Å². The quantitative estimate of drug-likeness (QED) is 0.905. The highest BCUT2D eigenvalue weighted by Crippen LogP contribution is 2.34. The summed E-state index contributed by atoms with van der Waals surface area (Å²) in [5, 5.41) is 10.00. The summed E-state index contributed by atoms with van der Waals surface area (Å²) in [5.74, 6) is -0.225. The van der Waals surface area contributed by atoms with Crippen LogP contribution < -0.4 is 4.90 Å². The molecule has 2 atom stereocenters. The number of nitrogens with zero attached hydrogens (tertiary/aromatic N) is 3. The first kappa shape index (κ1) is 13.8. The highest BCUT2D eigenvalue weighted by Gasteiger charge is 2.35. The van der Waals surface area contributed by atoms with Gasteiger partial charge in [-0.3, -0.25) is 0 Å². The van der Waals surface area contributed by atoms with Crippen molar-refractivity contribution in [2.45, 2.75) is 32.2 Å². The minimum atomic E-state index is -0.919. The van der Waals surface area contributed by atoms with E-state index >= 15 is 0 Å².